The fraction of sp³-hybridized carbons (Fsp3) is 0.889. The van der Waals surface area contributed by atoms with Crippen LogP contribution in [0.1, 0.15) is 25.7 Å². The van der Waals surface area contributed by atoms with Gasteiger partial charge in [-0.2, -0.15) is 0 Å². The van der Waals surface area contributed by atoms with E-state index >= 15 is 0 Å². The minimum atomic E-state index is 0.250. The number of nitrogens with zero attached hydrogens (tertiary/aromatic N) is 1. The van der Waals surface area contributed by atoms with E-state index in [1.165, 1.54) is 19.3 Å². The lowest BCUT2D eigenvalue weighted by molar-refractivity contribution is -0.131. The maximum atomic E-state index is 11.4. The molecular weight excluding hydrogens is 174 g/mol. The van der Waals surface area contributed by atoms with E-state index in [-0.39, 0.29) is 5.91 Å². The van der Waals surface area contributed by atoms with Gasteiger partial charge in [-0.15, -0.1) is 11.6 Å². The van der Waals surface area contributed by atoms with Crippen molar-refractivity contribution in [1.82, 2.24) is 4.90 Å². The molecule has 1 saturated carbocycles. The summed E-state index contributed by atoms with van der Waals surface area (Å²) < 4.78 is 0. The van der Waals surface area contributed by atoms with Crippen molar-refractivity contribution in [2.24, 2.45) is 5.92 Å². The van der Waals surface area contributed by atoms with Crippen molar-refractivity contribution in [3.8, 4) is 0 Å². The highest BCUT2D eigenvalue weighted by atomic mass is 35.5. The summed E-state index contributed by atoms with van der Waals surface area (Å²) in [7, 11) is 1.82. The van der Waals surface area contributed by atoms with Crippen LogP contribution in [0.4, 0.5) is 0 Å². The van der Waals surface area contributed by atoms with Gasteiger partial charge in [0.15, 0.2) is 0 Å². The SMILES string of the molecule is CN(CCCl)C(=O)CC1CCC1. The molecule has 2 nitrogen and oxygen atoms in total. The normalized spacial score (nSPS) is 17.2. The summed E-state index contributed by atoms with van der Waals surface area (Å²) in [5, 5.41) is 0. The summed E-state index contributed by atoms with van der Waals surface area (Å²) in [5.41, 5.74) is 0. The highest BCUT2D eigenvalue weighted by Gasteiger charge is 2.21. The van der Waals surface area contributed by atoms with E-state index in [0.29, 0.717) is 18.3 Å². The van der Waals surface area contributed by atoms with Crippen LogP contribution in [-0.2, 0) is 4.79 Å². The molecule has 1 amide bonds. The second-order valence-electron chi connectivity index (χ2n) is 3.51. The van der Waals surface area contributed by atoms with Gasteiger partial charge in [-0.25, -0.2) is 0 Å². The molecule has 0 aromatic carbocycles. The van der Waals surface area contributed by atoms with Crippen molar-refractivity contribution < 1.29 is 4.79 Å². The van der Waals surface area contributed by atoms with Gasteiger partial charge in [-0.3, -0.25) is 4.79 Å². The lowest BCUT2D eigenvalue weighted by Gasteiger charge is -2.26. The highest BCUT2D eigenvalue weighted by Crippen LogP contribution is 2.29. The maximum Gasteiger partial charge on any atom is 0.222 e. The Morgan fingerprint density at radius 2 is 2.25 bits per heavy atom. The summed E-state index contributed by atoms with van der Waals surface area (Å²) >= 11 is 5.53. The van der Waals surface area contributed by atoms with Crippen LogP contribution in [0.3, 0.4) is 0 Å². The molecule has 1 fully saturated rings. The van der Waals surface area contributed by atoms with Crippen LogP contribution in [-0.4, -0.2) is 30.3 Å². The molecule has 0 aliphatic heterocycles. The topological polar surface area (TPSA) is 20.3 Å². The molecule has 0 radical (unpaired) electrons. The van der Waals surface area contributed by atoms with Crippen molar-refractivity contribution in [2.75, 3.05) is 19.5 Å². The predicted molar refractivity (Wildman–Crippen MR) is 50.3 cm³/mol. The quantitative estimate of drug-likeness (QED) is 0.619. The van der Waals surface area contributed by atoms with Crippen LogP contribution in [0.2, 0.25) is 0 Å². The summed E-state index contributed by atoms with van der Waals surface area (Å²) in [6.45, 7) is 0.674. The molecule has 1 aliphatic carbocycles. The van der Waals surface area contributed by atoms with Crippen molar-refractivity contribution >= 4 is 17.5 Å². The molecule has 0 bridgehead atoms. The van der Waals surface area contributed by atoms with Crippen molar-refractivity contribution in [1.29, 1.82) is 0 Å². The van der Waals surface area contributed by atoms with Gasteiger partial charge < -0.3 is 4.90 Å². The van der Waals surface area contributed by atoms with Gasteiger partial charge in [0.2, 0.25) is 5.91 Å². The minimum absolute atomic E-state index is 0.250. The summed E-state index contributed by atoms with van der Waals surface area (Å²) in [4.78, 5) is 13.1. The second kappa shape index (κ2) is 4.70. The zero-order valence-electron chi connectivity index (χ0n) is 7.55. The highest BCUT2D eigenvalue weighted by molar-refractivity contribution is 6.18. The van der Waals surface area contributed by atoms with Crippen LogP contribution in [0.15, 0.2) is 0 Å². The average Bonchev–Trinajstić information content (AvgIpc) is 1.97. The third kappa shape index (κ3) is 2.67. The Morgan fingerprint density at radius 1 is 1.58 bits per heavy atom. The molecule has 0 aromatic rings. The van der Waals surface area contributed by atoms with Gasteiger partial charge in [0.05, 0.1) is 0 Å². The Kier molecular flexibility index (Phi) is 3.86. The first-order chi connectivity index (χ1) is 5.74. The molecule has 1 aliphatic rings. The van der Waals surface area contributed by atoms with Crippen LogP contribution in [0, 0.1) is 5.92 Å². The first-order valence-electron chi connectivity index (χ1n) is 4.54. The largest absolute Gasteiger partial charge is 0.345 e. The fourth-order valence-electron chi connectivity index (χ4n) is 1.35. The molecule has 0 atom stereocenters. The minimum Gasteiger partial charge on any atom is -0.345 e. The van der Waals surface area contributed by atoms with Gasteiger partial charge >= 0.3 is 0 Å². The summed E-state index contributed by atoms with van der Waals surface area (Å²) in [6.07, 6.45) is 4.51. The fourth-order valence-corrected chi connectivity index (χ4v) is 1.60. The molecule has 3 heteroatoms. The number of carbonyl (C=O) groups excluding carboxylic acids is 1. The van der Waals surface area contributed by atoms with Crippen LogP contribution in [0.25, 0.3) is 0 Å². The van der Waals surface area contributed by atoms with E-state index in [4.69, 9.17) is 11.6 Å². The first kappa shape index (κ1) is 9.85. The Morgan fingerprint density at radius 3 is 2.67 bits per heavy atom. The summed E-state index contributed by atoms with van der Waals surface area (Å²) in [6, 6.07) is 0. The molecular formula is C9H16ClNO. The first-order valence-corrected chi connectivity index (χ1v) is 5.07. The molecule has 70 valence electrons. The monoisotopic (exact) mass is 189 g/mol. The van der Waals surface area contributed by atoms with E-state index < -0.39 is 0 Å². The molecule has 0 aromatic heterocycles. The number of rotatable bonds is 4. The van der Waals surface area contributed by atoms with E-state index in [9.17, 15) is 4.79 Å². The van der Waals surface area contributed by atoms with Crippen molar-refractivity contribution in [3.05, 3.63) is 0 Å². The number of carbonyl (C=O) groups is 1. The van der Waals surface area contributed by atoms with Gasteiger partial charge in [-0.1, -0.05) is 6.42 Å². The Labute approximate surface area is 78.9 Å². The molecule has 1 rings (SSSR count). The lowest BCUT2D eigenvalue weighted by Crippen LogP contribution is -2.31. The number of alkyl halides is 1. The standard InChI is InChI=1S/C9H16ClNO/c1-11(6-5-10)9(12)7-8-3-2-4-8/h8H,2-7H2,1H3. The zero-order chi connectivity index (χ0) is 8.97. The third-order valence-electron chi connectivity index (χ3n) is 2.53. The molecule has 0 spiro atoms. The van der Waals surface area contributed by atoms with Crippen molar-refractivity contribution in [3.63, 3.8) is 0 Å². The summed E-state index contributed by atoms with van der Waals surface area (Å²) in [5.74, 6) is 1.45. The Bertz CT molecular complexity index is 157. The number of halogens is 1. The van der Waals surface area contributed by atoms with Crippen LogP contribution < -0.4 is 0 Å². The Hall–Kier alpha value is -0.240. The third-order valence-corrected chi connectivity index (χ3v) is 2.70. The van der Waals surface area contributed by atoms with Gasteiger partial charge in [0.25, 0.3) is 0 Å². The van der Waals surface area contributed by atoms with Crippen LogP contribution >= 0.6 is 11.6 Å². The molecule has 0 N–H and O–H groups in total. The van der Waals surface area contributed by atoms with Gasteiger partial charge in [0, 0.05) is 25.9 Å². The number of amides is 1. The van der Waals surface area contributed by atoms with Gasteiger partial charge in [-0.05, 0) is 18.8 Å². The van der Waals surface area contributed by atoms with E-state index in [1.54, 1.807) is 4.90 Å². The second-order valence-corrected chi connectivity index (χ2v) is 3.88. The van der Waals surface area contributed by atoms with E-state index in [2.05, 4.69) is 0 Å². The van der Waals surface area contributed by atoms with E-state index in [0.717, 1.165) is 6.42 Å². The smallest absolute Gasteiger partial charge is 0.222 e. The van der Waals surface area contributed by atoms with E-state index in [1.807, 2.05) is 7.05 Å². The zero-order valence-corrected chi connectivity index (χ0v) is 8.31. The predicted octanol–water partition coefficient (Wildman–Crippen LogP) is 1.87. The lowest BCUT2D eigenvalue weighted by atomic mass is 9.83. The van der Waals surface area contributed by atoms with Crippen LogP contribution in [0.5, 0.6) is 0 Å². The molecule has 0 saturated heterocycles. The molecule has 12 heavy (non-hydrogen) atoms. The number of hydrogen-bond donors (Lipinski definition) is 0. The maximum absolute atomic E-state index is 11.4. The van der Waals surface area contributed by atoms with Gasteiger partial charge in [0.1, 0.15) is 0 Å². The molecule has 0 heterocycles. The average molecular weight is 190 g/mol. The molecule has 0 unspecified atom stereocenters. The Balaban J connectivity index is 2.16. The number of hydrogen-bond acceptors (Lipinski definition) is 1. The van der Waals surface area contributed by atoms with Crippen molar-refractivity contribution in [2.45, 2.75) is 25.7 Å².